The number of amides is 1. The number of carbonyl (C=O) groups excluding carboxylic acids is 2. The third-order valence-electron chi connectivity index (χ3n) is 3.54. The lowest BCUT2D eigenvalue weighted by Gasteiger charge is -2.16. The zero-order chi connectivity index (χ0) is 15.7. The largest absolute Gasteiger partial charge is 0.492 e. The summed E-state index contributed by atoms with van der Waals surface area (Å²) >= 11 is 5.87. The van der Waals surface area contributed by atoms with Gasteiger partial charge in [-0.15, -0.1) is 0 Å². The second-order valence-corrected chi connectivity index (χ2v) is 5.55. The van der Waals surface area contributed by atoms with Crippen molar-refractivity contribution in [3.63, 3.8) is 0 Å². The second kappa shape index (κ2) is 5.81. The van der Waals surface area contributed by atoms with Crippen LogP contribution in [-0.4, -0.2) is 24.8 Å². The predicted molar refractivity (Wildman–Crippen MR) is 84.8 cm³/mol. The second-order valence-electron chi connectivity index (χ2n) is 5.11. The molecule has 1 amide bonds. The van der Waals surface area contributed by atoms with Crippen molar-refractivity contribution in [1.29, 1.82) is 0 Å². The molecule has 1 aliphatic heterocycles. The number of rotatable bonds is 4. The molecule has 0 saturated carbocycles. The van der Waals surface area contributed by atoms with Gasteiger partial charge in [-0.2, -0.15) is 0 Å². The number of ketones is 1. The zero-order valence-electron chi connectivity index (χ0n) is 12.0. The molecule has 0 bridgehead atoms. The summed E-state index contributed by atoms with van der Waals surface area (Å²) in [6, 6.07) is 12.5. The van der Waals surface area contributed by atoms with Crippen molar-refractivity contribution in [2.45, 2.75) is 6.92 Å². The molecule has 0 aliphatic carbocycles. The van der Waals surface area contributed by atoms with Gasteiger partial charge in [0.25, 0.3) is 11.7 Å². The molecule has 4 nitrogen and oxygen atoms in total. The fourth-order valence-corrected chi connectivity index (χ4v) is 2.56. The average molecular weight is 316 g/mol. The van der Waals surface area contributed by atoms with Gasteiger partial charge in [0.1, 0.15) is 12.4 Å². The molecule has 1 heterocycles. The van der Waals surface area contributed by atoms with E-state index in [1.54, 1.807) is 12.1 Å². The Morgan fingerprint density at radius 1 is 1.09 bits per heavy atom. The van der Waals surface area contributed by atoms with Crippen molar-refractivity contribution in [3.8, 4) is 5.75 Å². The summed E-state index contributed by atoms with van der Waals surface area (Å²) in [7, 11) is 0. The highest BCUT2D eigenvalue weighted by atomic mass is 35.5. The van der Waals surface area contributed by atoms with Gasteiger partial charge in [0.15, 0.2) is 0 Å². The minimum atomic E-state index is -0.537. The SMILES string of the molecule is Cc1ccc(OCCN2C(=O)C(=O)c3cc(Cl)ccc32)cc1. The van der Waals surface area contributed by atoms with Gasteiger partial charge in [0.2, 0.25) is 0 Å². The number of aryl methyl sites for hydroxylation is 1. The van der Waals surface area contributed by atoms with Gasteiger partial charge < -0.3 is 9.64 Å². The molecule has 3 rings (SSSR count). The van der Waals surface area contributed by atoms with E-state index in [0.29, 0.717) is 29.4 Å². The van der Waals surface area contributed by atoms with Gasteiger partial charge in [-0.1, -0.05) is 29.3 Å². The number of Topliss-reactive ketones (excluding diaryl/α,β-unsaturated/α-hetero) is 1. The van der Waals surface area contributed by atoms with Crippen LogP contribution < -0.4 is 9.64 Å². The maximum absolute atomic E-state index is 12.0. The smallest absolute Gasteiger partial charge is 0.299 e. The Hall–Kier alpha value is -2.33. The Bertz CT molecular complexity index is 740. The first kappa shape index (κ1) is 14.6. The molecule has 0 N–H and O–H groups in total. The monoisotopic (exact) mass is 315 g/mol. The van der Waals surface area contributed by atoms with Crippen LogP contribution in [-0.2, 0) is 4.79 Å². The van der Waals surface area contributed by atoms with E-state index in [1.807, 2.05) is 31.2 Å². The molecule has 0 fully saturated rings. The first-order valence-electron chi connectivity index (χ1n) is 6.91. The average Bonchev–Trinajstić information content (AvgIpc) is 2.74. The van der Waals surface area contributed by atoms with Crippen LogP contribution in [0, 0.1) is 6.92 Å². The van der Waals surface area contributed by atoms with Crippen LogP contribution >= 0.6 is 11.6 Å². The molecule has 5 heteroatoms. The van der Waals surface area contributed by atoms with E-state index in [4.69, 9.17) is 16.3 Å². The number of hydrogen-bond acceptors (Lipinski definition) is 3. The summed E-state index contributed by atoms with van der Waals surface area (Å²) in [4.78, 5) is 25.4. The molecular weight excluding hydrogens is 302 g/mol. The lowest BCUT2D eigenvalue weighted by atomic mass is 10.1. The summed E-state index contributed by atoms with van der Waals surface area (Å²) in [5.41, 5.74) is 2.10. The molecule has 0 unspecified atom stereocenters. The molecule has 0 radical (unpaired) electrons. The molecule has 0 saturated heterocycles. The highest BCUT2D eigenvalue weighted by Gasteiger charge is 2.35. The first-order valence-corrected chi connectivity index (χ1v) is 7.29. The van der Waals surface area contributed by atoms with Crippen LogP contribution in [0.1, 0.15) is 15.9 Å². The lowest BCUT2D eigenvalue weighted by Crippen LogP contribution is -2.33. The number of anilines is 1. The van der Waals surface area contributed by atoms with E-state index in [0.717, 1.165) is 11.3 Å². The Balaban J connectivity index is 1.69. The van der Waals surface area contributed by atoms with Gasteiger partial charge in [-0.25, -0.2) is 0 Å². The predicted octanol–water partition coefficient (Wildman–Crippen LogP) is 3.26. The first-order chi connectivity index (χ1) is 10.6. The Labute approximate surface area is 133 Å². The lowest BCUT2D eigenvalue weighted by molar-refractivity contribution is -0.114. The quantitative estimate of drug-likeness (QED) is 0.814. The fourth-order valence-electron chi connectivity index (χ4n) is 2.38. The van der Waals surface area contributed by atoms with Gasteiger partial charge in [-0.3, -0.25) is 9.59 Å². The van der Waals surface area contributed by atoms with Gasteiger partial charge in [0.05, 0.1) is 17.8 Å². The maximum atomic E-state index is 12.0. The molecular formula is C17H14ClNO3. The Morgan fingerprint density at radius 3 is 2.55 bits per heavy atom. The number of benzene rings is 2. The summed E-state index contributed by atoms with van der Waals surface area (Å²) in [5.74, 6) is -0.322. The topological polar surface area (TPSA) is 46.6 Å². The van der Waals surface area contributed by atoms with Crippen LogP contribution in [0.2, 0.25) is 5.02 Å². The molecule has 0 aromatic heterocycles. The van der Waals surface area contributed by atoms with Crippen molar-refractivity contribution < 1.29 is 14.3 Å². The highest BCUT2D eigenvalue weighted by Crippen LogP contribution is 2.30. The number of ether oxygens (including phenoxy) is 1. The summed E-state index contributed by atoms with van der Waals surface area (Å²) in [6.07, 6.45) is 0. The van der Waals surface area contributed by atoms with Crippen LogP contribution in [0.5, 0.6) is 5.75 Å². The van der Waals surface area contributed by atoms with E-state index in [9.17, 15) is 9.59 Å². The highest BCUT2D eigenvalue weighted by molar-refractivity contribution is 6.52. The molecule has 22 heavy (non-hydrogen) atoms. The van der Waals surface area contributed by atoms with Gasteiger partial charge in [0, 0.05) is 5.02 Å². The van der Waals surface area contributed by atoms with Crippen LogP contribution in [0.15, 0.2) is 42.5 Å². The van der Waals surface area contributed by atoms with Crippen LogP contribution in [0.4, 0.5) is 5.69 Å². The third kappa shape index (κ3) is 2.70. The zero-order valence-corrected chi connectivity index (χ0v) is 12.8. The molecule has 0 atom stereocenters. The fraction of sp³-hybridized carbons (Fsp3) is 0.176. The van der Waals surface area contributed by atoms with Crippen molar-refractivity contribution in [2.24, 2.45) is 0 Å². The number of nitrogens with zero attached hydrogens (tertiary/aromatic N) is 1. The Morgan fingerprint density at radius 2 is 1.82 bits per heavy atom. The normalized spacial score (nSPS) is 13.5. The van der Waals surface area contributed by atoms with Crippen molar-refractivity contribution in [3.05, 3.63) is 58.6 Å². The molecule has 1 aliphatic rings. The minimum absolute atomic E-state index is 0.310. The van der Waals surface area contributed by atoms with E-state index in [1.165, 1.54) is 11.0 Å². The van der Waals surface area contributed by atoms with Crippen LogP contribution in [0.25, 0.3) is 0 Å². The van der Waals surface area contributed by atoms with E-state index in [-0.39, 0.29) is 0 Å². The van der Waals surface area contributed by atoms with E-state index < -0.39 is 11.7 Å². The maximum Gasteiger partial charge on any atom is 0.299 e. The number of hydrogen-bond donors (Lipinski definition) is 0. The van der Waals surface area contributed by atoms with Gasteiger partial charge >= 0.3 is 0 Å². The van der Waals surface area contributed by atoms with Crippen LogP contribution in [0.3, 0.4) is 0 Å². The summed E-state index contributed by atoms with van der Waals surface area (Å²) in [6.45, 7) is 2.62. The molecule has 2 aromatic carbocycles. The Kier molecular flexibility index (Phi) is 3.86. The number of halogens is 1. The summed E-state index contributed by atoms with van der Waals surface area (Å²) in [5, 5.41) is 0.442. The summed E-state index contributed by atoms with van der Waals surface area (Å²) < 4.78 is 5.61. The minimum Gasteiger partial charge on any atom is -0.492 e. The standard InChI is InChI=1S/C17H14ClNO3/c1-11-2-5-13(6-3-11)22-9-8-19-15-7-4-12(18)10-14(15)16(20)17(19)21/h2-7,10H,8-9H2,1H3. The van der Waals surface area contributed by atoms with E-state index >= 15 is 0 Å². The molecule has 2 aromatic rings. The van der Waals surface area contributed by atoms with Crippen molar-refractivity contribution in [2.75, 3.05) is 18.1 Å². The van der Waals surface area contributed by atoms with Crippen molar-refractivity contribution in [1.82, 2.24) is 0 Å². The van der Waals surface area contributed by atoms with Crippen molar-refractivity contribution >= 4 is 29.0 Å². The van der Waals surface area contributed by atoms with Gasteiger partial charge in [-0.05, 0) is 37.3 Å². The number of fused-ring (bicyclic) bond motifs is 1. The molecule has 0 spiro atoms. The third-order valence-corrected chi connectivity index (χ3v) is 3.77. The van der Waals surface area contributed by atoms with E-state index in [2.05, 4.69) is 0 Å². The molecule has 112 valence electrons. The number of carbonyl (C=O) groups is 2.